The Morgan fingerprint density at radius 2 is 1.52 bits per heavy atom. The summed E-state index contributed by atoms with van der Waals surface area (Å²) in [7, 11) is 0. The van der Waals surface area contributed by atoms with Crippen LogP contribution in [0.4, 0.5) is 0 Å². The third-order valence-electron chi connectivity index (χ3n) is 4.51. The molecule has 0 aromatic heterocycles. The first-order valence-corrected chi connectivity index (χ1v) is 9.31. The third-order valence-corrected chi connectivity index (χ3v) is 4.51. The second kappa shape index (κ2) is 11.1. The molecule has 1 N–H and O–H groups in total. The van der Waals surface area contributed by atoms with Crippen LogP contribution in [0.25, 0.3) is 0 Å². The summed E-state index contributed by atoms with van der Waals surface area (Å²) in [6.45, 7) is 7.59. The second-order valence-corrected chi connectivity index (χ2v) is 6.47. The van der Waals surface area contributed by atoms with Crippen LogP contribution in [0.15, 0.2) is 0 Å². The lowest BCUT2D eigenvalue weighted by atomic mass is 10.1. The largest absolute Gasteiger partial charge is 0.326 e. The fraction of sp³-hybridized carbons (Fsp3) is 0.944. The zero-order valence-electron chi connectivity index (χ0n) is 14.5. The van der Waals surface area contributed by atoms with E-state index in [0.29, 0.717) is 12.1 Å². The van der Waals surface area contributed by atoms with Gasteiger partial charge >= 0.3 is 0 Å². The van der Waals surface area contributed by atoms with Gasteiger partial charge in [0.1, 0.15) is 0 Å². The van der Waals surface area contributed by atoms with Gasteiger partial charge in [-0.05, 0) is 19.3 Å². The highest BCUT2D eigenvalue weighted by Gasteiger charge is 2.36. The SMILES string of the molecule is CCCCCCCCN1C(=O)C(CCCC)NC1CCC. The number of hydrogen-bond donors (Lipinski definition) is 1. The predicted octanol–water partition coefficient (Wildman–Crippen LogP) is 4.46. The minimum absolute atomic E-state index is 0.0848. The van der Waals surface area contributed by atoms with E-state index in [1.807, 2.05) is 0 Å². The Kier molecular flexibility index (Phi) is 9.73. The van der Waals surface area contributed by atoms with Crippen molar-refractivity contribution in [3.8, 4) is 0 Å². The Balaban J connectivity index is 2.35. The molecule has 0 radical (unpaired) electrons. The highest BCUT2D eigenvalue weighted by molar-refractivity contribution is 5.84. The van der Waals surface area contributed by atoms with Crippen molar-refractivity contribution >= 4 is 5.91 Å². The number of nitrogens with zero attached hydrogens (tertiary/aromatic N) is 1. The van der Waals surface area contributed by atoms with Crippen molar-refractivity contribution in [2.75, 3.05) is 6.54 Å². The van der Waals surface area contributed by atoms with E-state index >= 15 is 0 Å². The Bertz CT molecular complexity index is 280. The summed E-state index contributed by atoms with van der Waals surface area (Å²) >= 11 is 0. The van der Waals surface area contributed by atoms with Crippen molar-refractivity contribution in [3.05, 3.63) is 0 Å². The molecule has 2 unspecified atom stereocenters. The first-order valence-electron chi connectivity index (χ1n) is 9.31. The van der Waals surface area contributed by atoms with Crippen LogP contribution < -0.4 is 5.32 Å². The molecule has 3 heteroatoms. The van der Waals surface area contributed by atoms with E-state index in [0.717, 1.165) is 38.6 Å². The van der Waals surface area contributed by atoms with E-state index < -0.39 is 0 Å². The highest BCUT2D eigenvalue weighted by atomic mass is 16.2. The number of rotatable bonds is 12. The van der Waals surface area contributed by atoms with Crippen molar-refractivity contribution in [3.63, 3.8) is 0 Å². The molecule has 3 nitrogen and oxygen atoms in total. The fourth-order valence-electron chi connectivity index (χ4n) is 3.20. The maximum Gasteiger partial charge on any atom is 0.241 e. The lowest BCUT2D eigenvalue weighted by Crippen LogP contribution is -2.37. The lowest BCUT2D eigenvalue weighted by Gasteiger charge is -2.23. The number of nitrogens with one attached hydrogen (secondary N) is 1. The van der Waals surface area contributed by atoms with Crippen LogP contribution in [-0.4, -0.2) is 29.6 Å². The summed E-state index contributed by atoms with van der Waals surface area (Å²) in [6.07, 6.45) is 13.6. The van der Waals surface area contributed by atoms with Gasteiger partial charge in [0.2, 0.25) is 5.91 Å². The fourth-order valence-corrected chi connectivity index (χ4v) is 3.20. The molecule has 0 aromatic carbocycles. The van der Waals surface area contributed by atoms with Gasteiger partial charge in [0.15, 0.2) is 0 Å². The van der Waals surface area contributed by atoms with Gasteiger partial charge in [-0.3, -0.25) is 10.1 Å². The monoisotopic (exact) mass is 296 g/mol. The Morgan fingerprint density at radius 1 is 0.857 bits per heavy atom. The van der Waals surface area contributed by atoms with E-state index in [4.69, 9.17) is 0 Å². The van der Waals surface area contributed by atoms with Gasteiger partial charge in [0.05, 0.1) is 12.2 Å². The molecule has 2 atom stereocenters. The van der Waals surface area contributed by atoms with E-state index in [2.05, 4.69) is 31.0 Å². The van der Waals surface area contributed by atoms with Gasteiger partial charge in [-0.2, -0.15) is 0 Å². The number of carbonyl (C=O) groups excluding carboxylic acids is 1. The van der Waals surface area contributed by atoms with E-state index in [1.54, 1.807) is 0 Å². The second-order valence-electron chi connectivity index (χ2n) is 6.47. The molecule has 0 spiro atoms. The topological polar surface area (TPSA) is 32.3 Å². The average Bonchev–Trinajstić information content (AvgIpc) is 2.77. The molecule has 1 amide bonds. The number of amides is 1. The highest BCUT2D eigenvalue weighted by Crippen LogP contribution is 2.19. The van der Waals surface area contributed by atoms with Crippen molar-refractivity contribution in [1.82, 2.24) is 10.2 Å². The molecule has 1 aliphatic rings. The molecule has 0 aromatic rings. The normalized spacial score (nSPS) is 22.2. The summed E-state index contributed by atoms with van der Waals surface area (Å²) in [5.41, 5.74) is 0. The van der Waals surface area contributed by atoms with Crippen LogP contribution in [0.5, 0.6) is 0 Å². The first kappa shape index (κ1) is 18.5. The van der Waals surface area contributed by atoms with Crippen molar-refractivity contribution in [2.24, 2.45) is 0 Å². The minimum Gasteiger partial charge on any atom is -0.326 e. The standard InChI is InChI=1S/C18H36N2O/c1-4-7-9-10-11-12-15-20-17(13-6-3)19-16(18(20)21)14-8-5-2/h16-17,19H,4-15H2,1-3H3. The molecular weight excluding hydrogens is 260 g/mol. The maximum absolute atomic E-state index is 12.5. The predicted molar refractivity (Wildman–Crippen MR) is 90.2 cm³/mol. The summed E-state index contributed by atoms with van der Waals surface area (Å²) in [5.74, 6) is 0.357. The van der Waals surface area contributed by atoms with Crippen LogP contribution in [0.2, 0.25) is 0 Å². The Labute approximate surface area is 131 Å². The van der Waals surface area contributed by atoms with Crippen molar-refractivity contribution < 1.29 is 4.79 Å². The Morgan fingerprint density at radius 3 is 2.19 bits per heavy atom. The van der Waals surface area contributed by atoms with Crippen LogP contribution >= 0.6 is 0 Å². The average molecular weight is 296 g/mol. The third kappa shape index (κ3) is 6.37. The van der Waals surface area contributed by atoms with Gasteiger partial charge in [-0.15, -0.1) is 0 Å². The van der Waals surface area contributed by atoms with Gasteiger partial charge < -0.3 is 4.90 Å². The van der Waals surface area contributed by atoms with Crippen molar-refractivity contribution in [2.45, 2.75) is 104 Å². The zero-order chi connectivity index (χ0) is 15.5. The first-order chi connectivity index (χ1) is 10.2. The minimum atomic E-state index is 0.0848. The maximum atomic E-state index is 12.5. The molecule has 1 rings (SSSR count). The Hall–Kier alpha value is -0.570. The van der Waals surface area contributed by atoms with E-state index in [1.165, 1.54) is 38.5 Å². The van der Waals surface area contributed by atoms with Gasteiger partial charge in [0.25, 0.3) is 0 Å². The van der Waals surface area contributed by atoms with Crippen LogP contribution in [-0.2, 0) is 4.79 Å². The summed E-state index contributed by atoms with van der Waals surface area (Å²) in [4.78, 5) is 14.7. The number of unbranched alkanes of at least 4 members (excludes halogenated alkanes) is 6. The molecule has 1 heterocycles. The number of hydrogen-bond acceptors (Lipinski definition) is 2. The summed E-state index contributed by atoms with van der Waals surface area (Å²) < 4.78 is 0. The molecule has 1 aliphatic heterocycles. The number of carbonyl (C=O) groups is 1. The molecule has 1 saturated heterocycles. The molecule has 124 valence electrons. The lowest BCUT2D eigenvalue weighted by molar-refractivity contribution is -0.130. The van der Waals surface area contributed by atoms with Gasteiger partial charge in [-0.25, -0.2) is 0 Å². The molecular formula is C18H36N2O. The molecule has 0 saturated carbocycles. The quantitative estimate of drug-likeness (QED) is 0.539. The van der Waals surface area contributed by atoms with Crippen molar-refractivity contribution in [1.29, 1.82) is 0 Å². The molecule has 21 heavy (non-hydrogen) atoms. The van der Waals surface area contributed by atoms with E-state index in [-0.39, 0.29) is 6.04 Å². The molecule has 0 bridgehead atoms. The van der Waals surface area contributed by atoms with Crippen LogP contribution in [0.3, 0.4) is 0 Å². The zero-order valence-corrected chi connectivity index (χ0v) is 14.5. The molecule has 0 aliphatic carbocycles. The van der Waals surface area contributed by atoms with Gasteiger partial charge in [-0.1, -0.05) is 72.1 Å². The summed E-state index contributed by atoms with van der Waals surface area (Å²) in [5, 5.41) is 3.56. The van der Waals surface area contributed by atoms with E-state index in [9.17, 15) is 4.79 Å². The summed E-state index contributed by atoms with van der Waals surface area (Å²) in [6, 6.07) is 0.0848. The van der Waals surface area contributed by atoms with Crippen LogP contribution in [0.1, 0.15) is 91.4 Å². The smallest absolute Gasteiger partial charge is 0.241 e. The van der Waals surface area contributed by atoms with Crippen LogP contribution in [0, 0.1) is 0 Å². The van der Waals surface area contributed by atoms with Gasteiger partial charge in [0, 0.05) is 6.54 Å². The molecule has 1 fully saturated rings.